The number of fused-ring (bicyclic) bond motifs is 1. The van der Waals surface area contributed by atoms with Crippen LogP contribution in [0.25, 0.3) is 0 Å². The van der Waals surface area contributed by atoms with E-state index in [1.165, 1.54) is 18.6 Å². The van der Waals surface area contributed by atoms with Gasteiger partial charge in [0.1, 0.15) is 11.4 Å². The van der Waals surface area contributed by atoms with E-state index in [2.05, 4.69) is 15.3 Å². The number of hydrogen-bond acceptors (Lipinski definition) is 5. The van der Waals surface area contributed by atoms with Crippen molar-refractivity contribution in [2.75, 3.05) is 18.6 Å². The van der Waals surface area contributed by atoms with Crippen LogP contribution in [0.1, 0.15) is 22.5 Å². The molecule has 3 rings (SSSR count). The van der Waals surface area contributed by atoms with Crippen molar-refractivity contribution in [1.82, 2.24) is 15.3 Å². The van der Waals surface area contributed by atoms with Crippen LogP contribution in [0.2, 0.25) is 0 Å². The first-order chi connectivity index (χ1) is 11.1. The standard InChI is InChI=1S/C16H16N4O3/c1-20-13-8-11(2-3-14(13)23-7-4-15(20)21)9-19-16(22)12-10-17-5-6-18-12/h2-3,5-6,8,10H,4,7,9H2,1H3,(H,19,22). The van der Waals surface area contributed by atoms with E-state index < -0.39 is 0 Å². The third kappa shape index (κ3) is 3.28. The van der Waals surface area contributed by atoms with Crippen molar-refractivity contribution in [3.05, 3.63) is 48.0 Å². The van der Waals surface area contributed by atoms with Crippen molar-refractivity contribution in [2.24, 2.45) is 0 Å². The fraction of sp³-hybridized carbons (Fsp3) is 0.250. The summed E-state index contributed by atoms with van der Waals surface area (Å²) in [7, 11) is 1.72. The van der Waals surface area contributed by atoms with E-state index in [1.54, 1.807) is 11.9 Å². The Hall–Kier alpha value is -2.96. The average Bonchev–Trinajstić information content (AvgIpc) is 2.73. The van der Waals surface area contributed by atoms with Crippen molar-refractivity contribution < 1.29 is 14.3 Å². The van der Waals surface area contributed by atoms with Crippen LogP contribution >= 0.6 is 0 Å². The number of amides is 2. The molecular weight excluding hydrogens is 296 g/mol. The molecule has 0 aliphatic carbocycles. The van der Waals surface area contributed by atoms with Gasteiger partial charge in [0.05, 0.1) is 24.9 Å². The zero-order valence-corrected chi connectivity index (χ0v) is 12.7. The van der Waals surface area contributed by atoms with Gasteiger partial charge in [0.2, 0.25) is 5.91 Å². The number of rotatable bonds is 3. The first-order valence-electron chi connectivity index (χ1n) is 7.21. The molecule has 0 bridgehead atoms. The van der Waals surface area contributed by atoms with E-state index in [0.29, 0.717) is 31.0 Å². The van der Waals surface area contributed by atoms with E-state index in [0.717, 1.165) is 5.56 Å². The molecule has 7 nitrogen and oxygen atoms in total. The summed E-state index contributed by atoms with van der Waals surface area (Å²) in [6.07, 6.45) is 4.74. The van der Waals surface area contributed by atoms with Crippen LogP contribution in [-0.4, -0.2) is 35.4 Å². The Morgan fingerprint density at radius 1 is 1.39 bits per heavy atom. The predicted molar refractivity (Wildman–Crippen MR) is 83.2 cm³/mol. The Balaban J connectivity index is 1.73. The minimum absolute atomic E-state index is 0.00416. The minimum atomic E-state index is -0.297. The maximum Gasteiger partial charge on any atom is 0.271 e. The van der Waals surface area contributed by atoms with Crippen molar-refractivity contribution in [3.63, 3.8) is 0 Å². The fourth-order valence-corrected chi connectivity index (χ4v) is 2.30. The molecule has 0 fully saturated rings. The molecule has 0 atom stereocenters. The van der Waals surface area contributed by atoms with Crippen LogP contribution < -0.4 is 15.0 Å². The number of aromatic nitrogens is 2. The zero-order valence-electron chi connectivity index (χ0n) is 12.7. The van der Waals surface area contributed by atoms with Gasteiger partial charge in [0, 0.05) is 26.0 Å². The van der Waals surface area contributed by atoms with Crippen molar-refractivity contribution in [1.29, 1.82) is 0 Å². The molecule has 2 aromatic rings. The van der Waals surface area contributed by atoms with Crippen molar-refractivity contribution in [3.8, 4) is 5.75 Å². The van der Waals surface area contributed by atoms with E-state index in [4.69, 9.17) is 4.74 Å². The van der Waals surface area contributed by atoms with Gasteiger partial charge in [-0.15, -0.1) is 0 Å². The molecule has 2 amide bonds. The Morgan fingerprint density at radius 2 is 2.26 bits per heavy atom. The zero-order chi connectivity index (χ0) is 16.2. The summed E-state index contributed by atoms with van der Waals surface area (Å²) in [5, 5.41) is 2.78. The molecule has 1 aromatic carbocycles. The van der Waals surface area contributed by atoms with E-state index in [9.17, 15) is 9.59 Å². The third-order valence-electron chi connectivity index (χ3n) is 3.58. The SMILES string of the molecule is CN1C(=O)CCOc2ccc(CNC(=O)c3cnccn3)cc21. The molecule has 1 aliphatic heterocycles. The maximum absolute atomic E-state index is 12.0. The van der Waals surface area contributed by atoms with Crippen molar-refractivity contribution in [2.45, 2.75) is 13.0 Å². The van der Waals surface area contributed by atoms with Crippen LogP contribution in [0.15, 0.2) is 36.8 Å². The largest absolute Gasteiger partial charge is 0.491 e. The molecule has 7 heteroatoms. The van der Waals surface area contributed by atoms with Gasteiger partial charge in [0.25, 0.3) is 5.91 Å². The molecule has 2 heterocycles. The third-order valence-corrected chi connectivity index (χ3v) is 3.58. The van der Waals surface area contributed by atoms with Crippen LogP contribution in [0.3, 0.4) is 0 Å². The average molecular weight is 312 g/mol. The topological polar surface area (TPSA) is 84.4 Å². The van der Waals surface area contributed by atoms with Gasteiger partial charge < -0.3 is 15.0 Å². The van der Waals surface area contributed by atoms with Gasteiger partial charge in [-0.25, -0.2) is 4.98 Å². The van der Waals surface area contributed by atoms with Gasteiger partial charge in [-0.2, -0.15) is 0 Å². The molecule has 0 saturated heterocycles. The Morgan fingerprint density at radius 3 is 3.04 bits per heavy atom. The first kappa shape index (κ1) is 15.0. The highest BCUT2D eigenvalue weighted by Crippen LogP contribution is 2.31. The molecule has 1 aromatic heterocycles. The van der Waals surface area contributed by atoms with Crippen LogP contribution in [0, 0.1) is 0 Å². The second kappa shape index (κ2) is 6.43. The Labute approximate surface area is 133 Å². The highest BCUT2D eigenvalue weighted by molar-refractivity contribution is 5.95. The number of nitrogens with one attached hydrogen (secondary N) is 1. The molecule has 0 spiro atoms. The summed E-state index contributed by atoms with van der Waals surface area (Å²) in [4.78, 5) is 33.3. The Bertz CT molecular complexity index is 733. The number of nitrogens with zero attached hydrogens (tertiary/aromatic N) is 3. The van der Waals surface area contributed by atoms with Gasteiger partial charge in [-0.1, -0.05) is 6.07 Å². The summed E-state index contributed by atoms with van der Waals surface area (Å²) < 4.78 is 5.57. The fourth-order valence-electron chi connectivity index (χ4n) is 2.30. The number of carbonyl (C=O) groups is 2. The molecule has 1 aliphatic rings. The molecule has 118 valence electrons. The van der Waals surface area contributed by atoms with E-state index in [1.807, 2.05) is 18.2 Å². The van der Waals surface area contributed by atoms with Crippen LogP contribution in [-0.2, 0) is 11.3 Å². The lowest BCUT2D eigenvalue weighted by atomic mass is 10.1. The molecule has 0 unspecified atom stereocenters. The highest BCUT2D eigenvalue weighted by Gasteiger charge is 2.20. The number of anilines is 1. The van der Waals surface area contributed by atoms with Crippen LogP contribution in [0.4, 0.5) is 5.69 Å². The highest BCUT2D eigenvalue weighted by atomic mass is 16.5. The normalized spacial score (nSPS) is 13.8. The van der Waals surface area contributed by atoms with Gasteiger partial charge in [-0.3, -0.25) is 14.6 Å². The molecule has 23 heavy (non-hydrogen) atoms. The minimum Gasteiger partial charge on any atom is -0.491 e. The van der Waals surface area contributed by atoms with E-state index >= 15 is 0 Å². The Kier molecular flexibility index (Phi) is 4.18. The van der Waals surface area contributed by atoms with Gasteiger partial charge in [0.15, 0.2) is 0 Å². The lowest BCUT2D eigenvalue weighted by molar-refractivity contribution is -0.118. The lowest BCUT2D eigenvalue weighted by Gasteiger charge is -2.17. The predicted octanol–water partition coefficient (Wildman–Crippen LogP) is 1.15. The van der Waals surface area contributed by atoms with E-state index in [-0.39, 0.29) is 17.5 Å². The summed E-state index contributed by atoms with van der Waals surface area (Å²) in [5.41, 5.74) is 1.84. The summed E-state index contributed by atoms with van der Waals surface area (Å²) in [6.45, 7) is 0.698. The molecule has 0 radical (unpaired) electrons. The molecular formula is C16H16N4O3. The van der Waals surface area contributed by atoms with Crippen molar-refractivity contribution >= 4 is 17.5 Å². The molecule has 1 N–H and O–H groups in total. The summed E-state index contributed by atoms with van der Waals surface area (Å²) in [6, 6.07) is 5.52. The quantitative estimate of drug-likeness (QED) is 0.919. The summed E-state index contributed by atoms with van der Waals surface area (Å²) >= 11 is 0. The monoisotopic (exact) mass is 312 g/mol. The number of hydrogen-bond donors (Lipinski definition) is 1. The van der Waals surface area contributed by atoms with Gasteiger partial charge in [-0.05, 0) is 17.7 Å². The van der Waals surface area contributed by atoms with Gasteiger partial charge >= 0.3 is 0 Å². The number of ether oxygens (including phenoxy) is 1. The second-order valence-corrected chi connectivity index (χ2v) is 5.13. The lowest BCUT2D eigenvalue weighted by Crippen LogP contribution is -2.26. The van der Waals surface area contributed by atoms with Crippen LogP contribution in [0.5, 0.6) is 5.75 Å². The number of carbonyl (C=O) groups excluding carboxylic acids is 2. The first-order valence-corrected chi connectivity index (χ1v) is 7.21. The molecule has 0 saturated carbocycles. The summed E-state index contributed by atoms with van der Waals surface area (Å²) in [5.74, 6) is 0.376. The smallest absolute Gasteiger partial charge is 0.271 e. The number of benzene rings is 1. The maximum atomic E-state index is 12.0. The second-order valence-electron chi connectivity index (χ2n) is 5.13.